The molecule has 0 spiro atoms. The van der Waals surface area contributed by atoms with Gasteiger partial charge in [-0.1, -0.05) is 50.8 Å². The summed E-state index contributed by atoms with van der Waals surface area (Å²) in [5.74, 6) is 0.628. The molecule has 0 bridgehead atoms. The molecule has 1 unspecified atom stereocenters. The smallest absolute Gasteiger partial charge is 0.115 e. The lowest BCUT2D eigenvalue weighted by atomic mass is 9.89. The maximum Gasteiger partial charge on any atom is 0.115 e. The fourth-order valence-electron chi connectivity index (χ4n) is 1.87. The van der Waals surface area contributed by atoms with Crippen LogP contribution in [0.1, 0.15) is 44.2 Å². The first-order valence-electron chi connectivity index (χ1n) is 5.75. The van der Waals surface area contributed by atoms with E-state index >= 15 is 0 Å². The summed E-state index contributed by atoms with van der Waals surface area (Å²) < 4.78 is 0. The Bertz CT molecular complexity index is 402. The van der Waals surface area contributed by atoms with E-state index in [4.69, 9.17) is 0 Å². The Morgan fingerprint density at radius 1 is 1.44 bits per heavy atom. The van der Waals surface area contributed by atoms with Crippen LogP contribution in [0.3, 0.4) is 0 Å². The van der Waals surface area contributed by atoms with Crippen molar-refractivity contribution in [1.29, 1.82) is 0 Å². The van der Waals surface area contributed by atoms with E-state index in [1.807, 2.05) is 31.2 Å². The zero-order valence-corrected chi connectivity index (χ0v) is 10.3. The Kier molecular flexibility index (Phi) is 4.36. The van der Waals surface area contributed by atoms with Gasteiger partial charge in [-0.25, -0.2) is 0 Å². The molecule has 1 aromatic carbocycles. The van der Waals surface area contributed by atoms with Gasteiger partial charge in [0.1, 0.15) is 5.76 Å². The third kappa shape index (κ3) is 2.54. The van der Waals surface area contributed by atoms with E-state index in [9.17, 15) is 5.11 Å². The summed E-state index contributed by atoms with van der Waals surface area (Å²) in [4.78, 5) is 0. The van der Waals surface area contributed by atoms with Crippen molar-refractivity contribution in [2.75, 3.05) is 0 Å². The minimum atomic E-state index is 0.137. The Labute approximate surface area is 98.1 Å². The van der Waals surface area contributed by atoms with Gasteiger partial charge in [0.15, 0.2) is 0 Å². The quantitative estimate of drug-likeness (QED) is 0.572. The third-order valence-corrected chi connectivity index (χ3v) is 2.99. The molecule has 16 heavy (non-hydrogen) atoms. The molecule has 1 atom stereocenters. The number of hydrogen-bond acceptors (Lipinski definition) is 1. The summed E-state index contributed by atoms with van der Waals surface area (Å²) in [6.45, 7) is 9.91. The molecule has 0 saturated heterocycles. The van der Waals surface area contributed by atoms with Crippen molar-refractivity contribution in [3.8, 4) is 0 Å². The van der Waals surface area contributed by atoms with E-state index < -0.39 is 0 Å². The van der Waals surface area contributed by atoms with Crippen LogP contribution in [0.4, 0.5) is 0 Å². The lowest BCUT2D eigenvalue weighted by Gasteiger charge is -2.16. The molecule has 1 nitrogen and oxygen atoms in total. The minimum Gasteiger partial charge on any atom is -0.508 e. The number of aliphatic hydroxyl groups is 1. The molecule has 86 valence electrons. The lowest BCUT2D eigenvalue weighted by Crippen LogP contribution is -1.99. The molecule has 0 heterocycles. The van der Waals surface area contributed by atoms with E-state index in [2.05, 4.69) is 26.5 Å². The van der Waals surface area contributed by atoms with Crippen LogP contribution < -0.4 is 0 Å². The van der Waals surface area contributed by atoms with E-state index in [0.717, 1.165) is 17.6 Å². The largest absolute Gasteiger partial charge is 0.508 e. The van der Waals surface area contributed by atoms with Gasteiger partial charge in [-0.2, -0.15) is 0 Å². The van der Waals surface area contributed by atoms with Gasteiger partial charge >= 0.3 is 0 Å². The summed E-state index contributed by atoms with van der Waals surface area (Å²) in [7, 11) is 0. The minimum absolute atomic E-state index is 0.137. The molecule has 1 rings (SSSR count). The van der Waals surface area contributed by atoms with Crippen molar-refractivity contribution in [3.63, 3.8) is 0 Å². The summed E-state index contributed by atoms with van der Waals surface area (Å²) in [6.07, 6.45) is 3.00. The van der Waals surface area contributed by atoms with Crippen LogP contribution in [-0.2, 0) is 0 Å². The van der Waals surface area contributed by atoms with E-state index in [-0.39, 0.29) is 5.76 Å². The first-order chi connectivity index (χ1) is 7.61. The van der Waals surface area contributed by atoms with Crippen molar-refractivity contribution in [2.24, 2.45) is 0 Å². The number of rotatable bonds is 4. The van der Waals surface area contributed by atoms with Crippen LogP contribution in [0.2, 0.25) is 0 Å². The predicted octanol–water partition coefficient (Wildman–Crippen LogP) is 4.68. The molecule has 0 aliphatic rings. The highest BCUT2D eigenvalue weighted by Crippen LogP contribution is 2.30. The second kappa shape index (κ2) is 5.55. The van der Waals surface area contributed by atoms with Gasteiger partial charge in [0.05, 0.1) is 0 Å². The number of allylic oxidation sites excluding steroid dienone is 2. The molecule has 1 N–H and O–H groups in total. The maximum atomic E-state index is 9.58. The first kappa shape index (κ1) is 12.6. The average molecular weight is 216 g/mol. The lowest BCUT2D eigenvalue weighted by molar-refractivity contribution is 0.440. The fraction of sp³-hybridized carbons (Fsp3) is 0.333. The molecule has 0 amide bonds. The molecule has 0 aromatic heterocycles. The van der Waals surface area contributed by atoms with E-state index in [0.29, 0.717) is 5.92 Å². The molecule has 0 fully saturated rings. The Hall–Kier alpha value is -1.50. The predicted molar refractivity (Wildman–Crippen MR) is 70.6 cm³/mol. The van der Waals surface area contributed by atoms with Crippen LogP contribution in [0.5, 0.6) is 0 Å². The zero-order valence-electron chi connectivity index (χ0n) is 10.3. The highest BCUT2D eigenvalue weighted by atomic mass is 16.3. The van der Waals surface area contributed by atoms with Crippen molar-refractivity contribution in [1.82, 2.24) is 0 Å². The topological polar surface area (TPSA) is 20.2 Å². The molecule has 1 aromatic rings. The molecule has 1 heteroatoms. The van der Waals surface area contributed by atoms with Crippen LogP contribution >= 0.6 is 0 Å². The van der Waals surface area contributed by atoms with Gasteiger partial charge in [-0.3, -0.25) is 0 Å². The summed E-state index contributed by atoms with van der Waals surface area (Å²) in [6, 6.07) is 8.19. The van der Waals surface area contributed by atoms with Gasteiger partial charge in [-0.05, 0) is 30.4 Å². The van der Waals surface area contributed by atoms with Crippen LogP contribution in [0, 0.1) is 0 Å². The second-order valence-corrected chi connectivity index (χ2v) is 4.05. The van der Waals surface area contributed by atoms with Crippen molar-refractivity contribution < 1.29 is 5.11 Å². The average Bonchev–Trinajstić information content (AvgIpc) is 2.29. The standard InChI is InChI=1S/C15H20O/c1-5-11(3)14-9-7-8-10-15(14)13(6-2)12(4)16/h6-11,16H,4-5H2,1-3H3/b13-6-. The van der Waals surface area contributed by atoms with Gasteiger partial charge < -0.3 is 5.11 Å². The Morgan fingerprint density at radius 3 is 2.56 bits per heavy atom. The first-order valence-corrected chi connectivity index (χ1v) is 5.75. The Balaban J connectivity index is 3.27. The summed E-state index contributed by atoms with van der Waals surface area (Å²) in [5.41, 5.74) is 3.19. The number of aliphatic hydroxyl groups excluding tert-OH is 1. The normalized spacial score (nSPS) is 13.6. The SMILES string of the molecule is C=C(O)/C(=C/C)c1ccccc1C(C)CC. The zero-order chi connectivity index (χ0) is 12.1. The van der Waals surface area contributed by atoms with Gasteiger partial charge in [-0.15, -0.1) is 0 Å². The summed E-state index contributed by atoms with van der Waals surface area (Å²) >= 11 is 0. The van der Waals surface area contributed by atoms with Crippen LogP contribution in [0.15, 0.2) is 42.7 Å². The van der Waals surface area contributed by atoms with Crippen molar-refractivity contribution >= 4 is 5.57 Å². The molecule has 0 aliphatic carbocycles. The van der Waals surface area contributed by atoms with Gasteiger partial charge in [0, 0.05) is 5.57 Å². The molecule has 0 saturated carbocycles. The van der Waals surface area contributed by atoms with E-state index in [1.54, 1.807) is 0 Å². The van der Waals surface area contributed by atoms with Gasteiger partial charge in [0.2, 0.25) is 0 Å². The number of benzene rings is 1. The molecular formula is C15H20O. The highest BCUT2D eigenvalue weighted by molar-refractivity contribution is 5.78. The van der Waals surface area contributed by atoms with Crippen molar-refractivity contribution in [3.05, 3.63) is 53.8 Å². The monoisotopic (exact) mass is 216 g/mol. The second-order valence-electron chi connectivity index (χ2n) is 4.05. The molecule has 0 aliphatic heterocycles. The van der Waals surface area contributed by atoms with Crippen molar-refractivity contribution in [2.45, 2.75) is 33.1 Å². The van der Waals surface area contributed by atoms with E-state index in [1.165, 1.54) is 5.56 Å². The molecular weight excluding hydrogens is 196 g/mol. The third-order valence-electron chi connectivity index (χ3n) is 2.99. The van der Waals surface area contributed by atoms with Crippen LogP contribution in [0.25, 0.3) is 5.57 Å². The molecule has 0 radical (unpaired) electrons. The highest BCUT2D eigenvalue weighted by Gasteiger charge is 2.12. The Morgan fingerprint density at radius 2 is 2.06 bits per heavy atom. The summed E-state index contributed by atoms with van der Waals surface area (Å²) in [5, 5.41) is 9.58. The maximum absolute atomic E-state index is 9.58. The van der Waals surface area contributed by atoms with Gasteiger partial charge in [0.25, 0.3) is 0 Å². The fourth-order valence-corrected chi connectivity index (χ4v) is 1.87. The number of hydrogen-bond donors (Lipinski definition) is 1. The van der Waals surface area contributed by atoms with Crippen LogP contribution in [-0.4, -0.2) is 5.11 Å².